The van der Waals surface area contributed by atoms with E-state index < -0.39 is 11.8 Å². The average molecular weight is 279 g/mol. The SMILES string of the molecule is NC(=O)C1CCN(C2CCN(C3CCCC3)CC2)C1=O. The predicted molar refractivity (Wildman–Crippen MR) is 75.9 cm³/mol. The Hall–Kier alpha value is -1.10. The van der Waals surface area contributed by atoms with Gasteiger partial charge >= 0.3 is 0 Å². The second kappa shape index (κ2) is 5.72. The van der Waals surface area contributed by atoms with Gasteiger partial charge in [-0.25, -0.2) is 0 Å². The zero-order chi connectivity index (χ0) is 14.1. The van der Waals surface area contributed by atoms with Gasteiger partial charge in [0.15, 0.2) is 0 Å². The summed E-state index contributed by atoms with van der Waals surface area (Å²) in [5.74, 6) is -1.06. The lowest BCUT2D eigenvalue weighted by molar-refractivity contribution is -0.138. The van der Waals surface area contributed by atoms with Gasteiger partial charge in [-0.15, -0.1) is 0 Å². The zero-order valence-corrected chi connectivity index (χ0v) is 12.1. The molecule has 3 aliphatic rings. The molecule has 2 saturated heterocycles. The summed E-state index contributed by atoms with van der Waals surface area (Å²) in [7, 11) is 0. The molecule has 1 saturated carbocycles. The highest BCUT2D eigenvalue weighted by Crippen LogP contribution is 2.29. The number of carbonyl (C=O) groups excluding carboxylic acids is 2. The van der Waals surface area contributed by atoms with Crippen molar-refractivity contribution < 1.29 is 9.59 Å². The van der Waals surface area contributed by atoms with Gasteiger partial charge in [-0.3, -0.25) is 9.59 Å². The van der Waals surface area contributed by atoms with Crippen molar-refractivity contribution in [2.45, 2.75) is 57.0 Å². The Balaban J connectivity index is 1.53. The summed E-state index contributed by atoms with van der Waals surface area (Å²) in [6.45, 7) is 2.90. The molecule has 112 valence electrons. The first kappa shape index (κ1) is 13.9. The van der Waals surface area contributed by atoms with E-state index in [9.17, 15) is 9.59 Å². The highest BCUT2D eigenvalue weighted by atomic mass is 16.2. The fraction of sp³-hybridized carbons (Fsp3) is 0.867. The van der Waals surface area contributed by atoms with Crippen molar-refractivity contribution in [3.63, 3.8) is 0 Å². The van der Waals surface area contributed by atoms with Crippen LogP contribution >= 0.6 is 0 Å². The average Bonchev–Trinajstić information content (AvgIpc) is 3.08. The first-order valence-corrected chi connectivity index (χ1v) is 8.00. The molecular weight excluding hydrogens is 254 g/mol. The lowest BCUT2D eigenvalue weighted by atomic mass is 10.0. The van der Waals surface area contributed by atoms with Crippen LogP contribution in [0.5, 0.6) is 0 Å². The van der Waals surface area contributed by atoms with Crippen molar-refractivity contribution in [3.8, 4) is 0 Å². The van der Waals surface area contributed by atoms with Crippen LogP contribution in [-0.4, -0.2) is 53.3 Å². The van der Waals surface area contributed by atoms with Crippen LogP contribution in [0.25, 0.3) is 0 Å². The van der Waals surface area contributed by atoms with E-state index in [1.54, 1.807) is 0 Å². The Morgan fingerprint density at radius 3 is 2.15 bits per heavy atom. The maximum Gasteiger partial charge on any atom is 0.235 e. The van der Waals surface area contributed by atoms with Crippen LogP contribution in [0.4, 0.5) is 0 Å². The number of piperidine rings is 1. The van der Waals surface area contributed by atoms with Crippen LogP contribution in [0.3, 0.4) is 0 Å². The third-order valence-electron chi connectivity index (χ3n) is 5.36. The molecule has 2 amide bonds. The van der Waals surface area contributed by atoms with Crippen LogP contribution in [0.2, 0.25) is 0 Å². The highest BCUT2D eigenvalue weighted by Gasteiger charge is 2.40. The zero-order valence-electron chi connectivity index (χ0n) is 12.1. The van der Waals surface area contributed by atoms with Gasteiger partial charge < -0.3 is 15.5 Å². The molecule has 5 heteroatoms. The van der Waals surface area contributed by atoms with Crippen LogP contribution in [0.1, 0.15) is 44.9 Å². The summed E-state index contributed by atoms with van der Waals surface area (Å²) in [6.07, 6.45) is 8.14. The number of primary amides is 1. The third-order valence-corrected chi connectivity index (χ3v) is 5.36. The predicted octanol–water partition coefficient (Wildman–Crippen LogP) is 0.727. The maximum atomic E-state index is 12.2. The molecule has 0 aromatic carbocycles. The van der Waals surface area contributed by atoms with Gasteiger partial charge in [0.25, 0.3) is 0 Å². The molecule has 1 unspecified atom stereocenters. The molecule has 1 atom stereocenters. The van der Waals surface area contributed by atoms with Crippen molar-refractivity contribution in [3.05, 3.63) is 0 Å². The molecule has 2 N–H and O–H groups in total. The van der Waals surface area contributed by atoms with Crippen molar-refractivity contribution in [2.24, 2.45) is 11.7 Å². The van der Waals surface area contributed by atoms with Crippen molar-refractivity contribution in [2.75, 3.05) is 19.6 Å². The Labute approximate surface area is 120 Å². The Morgan fingerprint density at radius 1 is 0.950 bits per heavy atom. The first-order chi connectivity index (χ1) is 9.66. The quantitative estimate of drug-likeness (QED) is 0.774. The number of carbonyl (C=O) groups is 2. The fourth-order valence-electron chi connectivity index (χ4n) is 4.16. The molecule has 0 aromatic heterocycles. The van der Waals surface area contributed by atoms with E-state index in [0.29, 0.717) is 19.0 Å². The fourth-order valence-corrected chi connectivity index (χ4v) is 4.16. The number of rotatable bonds is 3. The lowest BCUT2D eigenvalue weighted by Crippen LogP contribution is -2.48. The second-order valence-electron chi connectivity index (χ2n) is 6.48. The number of nitrogens with zero attached hydrogens (tertiary/aromatic N) is 2. The molecule has 1 aliphatic carbocycles. The molecule has 0 radical (unpaired) electrons. The topological polar surface area (TPSA) is 66.6 Å². The monoisotopic (exact) mass is 279 g/mol. The lowest BCUT2D eigenvalue weighted by Gasteiger charge is -2.39. The Morgan fingerprint density at radius 2 is 1.60 bits per heavy atom. The van der Waals surface area contributed by atoms with Crippen LogP contribution in [0, 0.1) is 5.92 Å². The Kier molecular flexibility index (Phi) is 3.96. The van der Waals surface area contributed by atoms with Crippen LogP contribution in [0.15, 0.2) is 0 Å². The number of amides is 2. The number of nitrogens with two attached hydrogens (primary N) is 1. The summed E-state index contributed by atoms with van der Waals surface area (Å²) < 4.78 is 0. The molecule has 0 bridgehead atoms. The molecule has 0 spiro atoms. The van der Waals surface area contributed by atoms with Gasteiger partial charge in [-0.2, -0.15) is 0 Å². The van der Waals surface area contributed by atoms with Gasteiger partial charge in [0, 0.05) is 31.7 Å². The Bertz CT molecular complexity index is 385. The third kappa shape index (κ3) is 2.55. The van der Waals surface area contributed by atoms with E-state index in [4.69, 9.17) is 5.73 Å². The molecular formula is C15H25N3O2. The van der Waals surface area contributed by atoms with Gasteiger partial charge in [-0.05, 0) is 32.1 Å². The minimum absolute atomic E-state index is 0.0307. The van der Waals surface area contributed by atoms with E-state index in [2.05, 4.69) is 4.90 Å². The largest absolute Gasteiger partial charge is 0.369 e. The normalized spacial score (nSPS) is 30.3. The van der Waals surface area contributed by atoms with E-state index in [0.717, 1.165) is 32.0 Å². The molecule has 3 fully saturated rings. The molecule has 2 heterocycles. The molecule has 3 rings (SSSR count). The van der Waals surface area contributed by atoms with Crippen LogP contribution < -0.4 is 5.73 Å². The van der Waals surface area contributed by atoms with E-state index in [1.807, 2.05) is 4.90 Å². The summed E-state index contributed by atoms with van der Waals surface area (Å²) in [6, 6.07) is 1.10. The molecule has 20 heavy (non-hydrogen) atoms. The van der Waals surface area contributed by atoms with E-state index in [1.165, 1.54) is 25.7 Å². The number of hydrogen-bond donors (Lipinski definition) is 1. The first-order valence-electron chi connectivity index (χ1n) is 8.00. The van der Waals surface area contributed by atoms with Crippen molar-refractivity contribution in [1.29, 1.82) is 0 Å². The number of likely N-dealkylation sites (tertiary alicyclic amines) is 2. The summed E-state index contributed by atoms with van der Waals surface area (Å²) in [5, 5.41) is 0. The van der Waals surface area contributed by atoms with E-state index in [-0.39, 0.29) is 5.91 Å². The molecule has 5 nitrogen and oxygen atoms in total. The van der Waals surface area contributed by atoms with Crippen molar-refractivity contribution >= 4 is 11.8 Å². The van der Waals surface area contributed by atoms with Gasteiger partial charge in [-0.1, -0.05) is 12.8 Å². The summed E-state index contributed by atoms with van der Waals surface area (Å²) in [5.41, 5.74) is 5.29. The van der Waals surface area contributed by atoms with E-state index >= 15 is 0 Å². The second-order valence-corrected chi connectivity index (χ2v) is 6.48. The van der Waals surface area contributed by atoms with Gasteiger partial charge in [0.1, 0.15) is 5.92 Å². The summed E-state index contributed by atoms with van der Waals surface area (Å²) in [4.78, 5) is 28.0. The summed E-state index contributed by atoms with van der Waals surface area (Å²) >= 11 is 0. The minimum Gasteiger partial charge on any atom is -0.369 e. The smallest absolute Gasteiger partial charge is 0.235 e. The highest BCUT2D eigenvalue weighted by molar-refractivity contribution is 6.01. The van der Waals surface area contributed by atoms with Crippen LogP contribution in [-0.2, 0) is 9.59 Å². The standard InChI is InChI=1S/C15H25N3O2/c16-14(19)13-7-10-18(15(13)20)12-5-8-17(9-6-12)11-3-1-2-4-11/h11-13H,1-10H2,(H2,16,19). The number of hydrogen-bond acceptors (Lipinski definition) is 3. The van der Waals surface area contributed by atoms with Gasteiger partial charge in [0.2, 0.25) is 11.8 Å². The maximum absolute atomic E-state index is 12.2. The van der Waals surface area contributed by atoms with Gasteiger partial charge in [0.05, 0.1) is 0 Å². The van der Waals surface area contributed by atoms with Crippen molar-refractivity contribution in [1.82, 2.24) is 9.80 Å². The molecule has 2 aliphatic heterocycles. The molecule has 0 aromatic rings. The minimum atomic E-state index is -0.567.